The number of aliphatic hydroxyl groups excluding tert-OH is 1. The number of ether oxygens (including phenoxy) is 1. The molecule has 1 fully saturated rings. The number of anilines is 2. The molecule has 1 aliphatic heterocycles. The summed E-state index contributed by atoms with van der Waals surface area (Å²) in [4.78, 5) is 21.5. The van der Waals surface area contributed by atoms with Crippen LogP contribution in [0.1, 0.15) is 15.9 Å². The molecule has 0 aliphatic carbocycles. The fourth-order valence-electron chi connectivity index (χ4n) is 3.91. The number of hydrogen-bond acceptors (Lipinski definition) is 6. The summed E-state index contributed by atoms with van der Waals surface area (Å²) in [6.07, 6.45) is 1.12. The van der Waals surface area contributed by atoms with Crippen LogP contribution < -0.4 is 15.0 Å². The first-order valence-electron chi connectivity index (χ1n) is 11.3. The minimum atomic E-state index is -0.573. The molecule has 34 heavy (non-hydrogen) atoms. The number of hydrogen-bond donors (Lipinski definition) is 2. The highest BCUT2D eigenvalue weighted by atomic mass is 35.5. The molecule has 178 valence electrons. The van der Waals surface area contributed by atoms with Crippen LogP contribution in [0.2, 0.25) is 5.02 Å². The second kappa shape index (κ2) is 11.3. The summed E-state index contributed by atoms with van der Waals surface area (Å²) in [5.41, 5.74) is 2.26. The molecule has 7 nitrogen and oxygen atoms in total. The van der Waals surface area contributed by atoms with E-state index in [1.807, 2.05) is 43.3 Å². The maximum absolute atomic E-state index is 12.5. The Hall–Kier alpha value is -3.13. The molecule has 1 amide bonds. The second-order valence-corrected chi connectivity index (χ2v) is 8.82. The highest BCUT2D eigenvalue weighted by molar-refractivity contribution is 6.30. The summed E-state index contributed by atoms with van der Waals surface area (Å²) in [6.45, 7) is 5.98. The molecular weight excluding hydrogens is 452 g/mol. The quantitative estimate of drug-likeness (QED) is 0.510. The maximum Gasteiger partial charge on any atom is 0.255 e. The Morgan fingerprint density at radius 2 is 1.82 bits per heavy atom. The molecule has 1 saturated heterocycles. The molecule has 2 N–H and O–H groups in total. The van der Waals surface area contributed by atoms with Gasteiger partial charge in [-0.3, -0.25) is 9.69 Å². The van der Waals surface area contributed by atoms with Gasteiger partial charge in [0.25, 0.3) is 5.91 Å². The number of halogens is 1. The molecule has 1 aromatic heterocycles. The largest absolute Gasteiger partial charge is 0.491 e. The first kappa shape index (κ1) is 24.0. The lowest BCUT2D eigenvalue weighted by atomic mass is 10.1. The van der Waals surface area contributed by atoms with E-state index in [1.54, 1.807) is 30.5 Å². The minimum Gasteiger partial charge on any atom is -0.491 e. The van der Waals surface area contributed by atoms with Crippen molar-refractivity contribution < 1.29 is 14.6 Å². The van der Waals surface area contributed by atoms with E-state index >= 15 is 0 Å². The molecule has 2 heterocycles. The minimum absolute atomic E-state index is 0.139. The average molecular weight is 481 g/mol. The van der Waals surface area contributed by atoms with Crippen molar-refractivity contribution in [2.45, 2.75) is 13.0 Å². The van der Waals surface area contributed by atoms with Crippen LogP contribution in [-0.4, -0.2) is 66.3 Å². The summed E-state index contributed by atoms with van der Waals surface area (Å²) in [5.74, 6) is 1.43. The van der Waals surface area contributed by atoms with Crippen LogP contribution in [0, 0.1) is 6.92 Å². The number of benzene rings is 2. The average Bonchev–Trinajstić information content (AvgIpc) is 2.85. The Bertz CT molecular complexity index is 1080. The Morgan fingerprint density at radius 3 is 2.50 bits per heavy atom. The molecule has 8 heteroatoms. The van der Waals surface area contributed by atoms with Gasteiger partial charge in [0.15, 0.2) is 0 Å². The Balaban J connectivity index is 1.22. The summed E-state index contributed by atoms with van der Waals surface area (Å²) < 4.78 is 5.64. The molecule has 1 unspecified atom stereocenters. The number of aryl methyl sites for hydroxylation is 1. The molecule has 1 atom stereocenters. The maximum atomic E-state index is 12.5. The van der Waals surface area contributed by atoms with Crippen molar-refractivity contribution in [3.8, 4) is 5.75 Å². The normalized spacial score (nSPS) is 15.1. The summed E-state index contributed by atoms with van der Waals surface area (Å²) in [7, 11) is 0. The van der Waals surface area contributed by atoms with E-state index in [0.717, 1.165) is 37.6 Å². The number of aliphatic hydroxyl groups is 1. The van der Waals surface area contributed by atoms with Gasteiger partial charge in [-0.25, -0.2) is 4.98 Å². The monoisotopic (exact) mass is 480 g/mol. The first-order chi connectivity index (χ1) is 16.5. The lowest BCUT2D eigenvalue weighted by molar-refractivity contribution is 0.0662. The van der Waals surface area contributed by atoms with E-state index in [4.69, 9.17) is 16.3 Å². The zero-order chi connectivity index (χ0) is 23.9. The van der Waals surface area contributed by atoms with Gasteiger partial charge in [0.2, 0.25) is 0 Å². The number of amides is 1. The number of carbonyl (C=O) groups excluding carboxylic acids is 1. The second-order valence-electron chi connectivity index (χ2n) is 8.38. The molecule has 2 aromatic carbocycles. The molecule has 0 saturated carbocycles. The van der Waals surface area contributed by atoms with Crippen molar-refractivity contribution >= 4 is 29.0 Å². The van der Waals surface area contributed by atoms with Crippen LogP contribution in [0.25, 0.3) is 0 Å². The van der Waals surface area contributed by atoms with Gasteiger partial charge in [-0.2, -0.15) is 0 Å². The summed E-state index contributed by atoms with van der Waals surface area (Å²) in [6, 6.07) is 18.4. The standard InChI is InChI=1S/C26H29ClN4O3/c1-19-4-2-3-5-24(19)26(33)29-21-8-11-25(28-16-21)31-14-12-30(13-15-31)17-22(32)18-34-23-9-6-20(27)7-10-23/h2-11,16,22,32H,12-15,17-18H2,1H3,(H,29,33). The third-order valence-electron chi connectivity index (χ3n) is 5.82. The van der Waals surface area contributed by atoms with E-state index in [9.17, 15) is 9.90 Å². The lowest BCUT2D eigenvalue weighted by Gasteiger charge is -2.36. The molecule has 1 aliphatic rings. The predicted molar refractivity (Wildman–Crippen MR) is 135 cm³/mol. The van der Waals surface area contributed by atoms with Gasteiger partial charge >= 0.3 is 0 Å². The van der Waals surface area contributed by atoms with Crippen molar-refractivity contribution in [1.29, 1.82) is 0 Å². The van der Waals surface area contributed by atoms with Gasteiger partial charge in [-0.15, -0.1) is 0 Å². The summed E-state index contributed by atoms with van der Waals surface area (Å²) >= 11 is 5.88. The van der Waals surface area contributed by atoms with Crippen molar-refractivity contribution in [1.82, 2.24) is 9.88 Å². The number of β-amino-alcohol motifs (C(OH)–C–C–N with tert-alkyl or cyclic N) is 1. The van der Waals surface area contributed by atoms with Gasteiger partial charge in [-0.1, -0.05) is 29.8 Å². The van der Waals surface area contributed by atoms with E-state index in [-0.39, 0.29) is 12.5 Å². The number of carbonyl (C=O) groups is 1. The van der Waals surface area contributed by atoms with Crippen LogP contribution in [0.3, 0.4) is 0 Å². The first-order valence-corrected chi connectivity index (χ1v) is 11.7. The summed E-state index contributed by atoms with van der Waals surface area (Å²) in [5, 5.41) is 13.9. The lowest BCUT2D eigenvalue weighted by Crippen LogP contribution is -2.49. The molecule has 0 radical (unpaired) electrons. The molecule has 4 rings (SSSR count). The van der Waals surface area contributed by atoms with Crippen LogP contribution in [0.15, 0.2) is 66.9 Å². The number of nitrogens with one attached hydrogen (secondary N) is 1. The smallest absolute Gasteiger partial charge is 0.255 e. The van der Waals surface area contributed by atoms with Crippen LogP contribution in [0.5, 0.6) is 5.75 Å². The molecular formula is C26H29ClN4O3. The van der Waals surface area contributed by atoms with Crippen LogP contribution >= 0.6 is 11.6 Å². The third kappa shape index (κ3) is 6.47. The number of piperazine rings is 1. The fourth-order valence-corrected chi connectivity index (χ4v) is 4.03. The van der Waals surface area contributed by atoms with Crippen molar-refractivity contribution in [2.24, 2.45) is 0 Å². The van der Waals surface area contributed by atoms with Crippen molar-refractivity contribution in [3.05, 3.63) is 83.0 Å². The van der Waals surface area contributed by atoms with E-state index in [1.165, 1.54) is 0 Å². The van der Waals surface area contributed by atoms with Crippen LogP contribution in [0.4, 0.5) is 11.5 Å². The fraction of sp³-hybridized carbons (Fsp3) is 0.308. The predicted octanol–water partition coefficient (Wildman–Crippen LogP) is 3.86. The third-order valence-corrected chi connectivity index (χ3v) is 6.07. The SMILES string of the molecule is Cc1ccccc1C(=O)Nc1ccc(N2CCN(CC(O)COc3ccc(Cl)cc3)CC2)nc1. The molecule has 3 aromatic rings. The van der Waals surface area contributed by atoms with E-state index < -0.39 is 6.10 Å². The number of aromatic nitrogens is 1. The zero-order valence-electron chi connectivity index (χ0n) is 19.2. The molecule has 0 bridgehead atoms. The number of rotatable bonds is 8. The van der Waals surface area contributed by atoms with Gasteiger partial charge in [-0.05, 0) is 55.0 Å². The number of nitrogens with zero attached hydrogens (tertiary/aromatic N) is 3. The highest BCUT2D eigenvalue weighted by Gasteiger charge is 2.20. The van der Waals surface area contributed by atoms with E-state index in [2.05, 4.69) is 20.1 Å². The van der Waals surface area contributed by atoms with Gasteiger partial charge in [0.1, 0.15) is 24.3 Å². The number of pyridine rings is 1. The topological polar surface area (TPSA) is 77.9 Å². The Kier molecular flexibility index (Phi) is 8.00. The Labute approximate surface area is 204 Å². The van der Waals surface area contributed by atoms with Crippen molar-refractivity contribution in [2.75, 3.05) is 49.5 Å². The molecule has 0 spiro atoms. The van der Waals surface area contributed by atoms with Gasteiger partial charge in [0, 0.05) is 43.3 Å². The Morgan fingerprint density at radius 1 is 1.09 bits per heavy atom. The van der Waals surface area contributed by atoms with Gasteiger partial charge < -0.3 is 20.1 Å². The van der Waals surface area contributed by atoms with Crippen molar-refractivity contribution in [3.63, 3.8) is 0 Å². The van der Waals surface area contributed by atoms with Gasteiger partial charge in [0.05, 0.1) is 11.9 Å². The highest BCUT2D eigenvalue weighted by Crippen LogP contribution is 2.18. The van der Waals surface area contributed by atoms with Crippen LogP contribution in [-0.2, 0) is 0 Å². The zero-order valence-corrected chi connectivity index (χ0v) is 19.9. The van der Waals surface area contributed by atoms with E-state index in [0.29, 0.717) is 28.6 Å².